The van der Waals surface area contributed by atoms with E-state index in [2.05, 4.69) is 10.3 Å². The zero-order valence-corrected chi connectivity index (χ0v) is 8.77. The topological polar surface area (TPSA) is 24.4 Å². The van der Waals surface area contributed by atoms with Gasteiger partial charge in [-0.1, -0.05) is 41.9 Å². The van der Waals surface area contributed by atoms with Gasteiger partial charge in [0.2, 0.25) is 0 Å². The van der Waals surface area contributed by atoms with Gasteiger partial charge in [-0.25, -0.2) is 4.99 Å². The minimum atomic E-state index is 0.414. The maximum atomic E-state index is 5.85. The predicted molar refractivity (Wildman–Crippen MR) is 63.4 cm³/mol. The lowest BCUT2D eigenvalue weighted by Gasteiger charge is -1.97. The summed E-state index contributed by atoms with van der Waals surface area (Å²) in [5.74, 6) is 0. The van der Waals surface area contributed by atoms with Gasteiger partial charge in [-0.05, 0) is 23.9 Å². The molecule has 1 aliphatic rings. The summed E-state index contributed by atoms with van der Waals surface area (Å²) in [5, 5.41) is 3.74. The van der Waals surface area contributed by atoms with E-state index in [-0.39, 0.29) is 0 Å². The van der Waals surface area contributed by atoms with E-state index in [0.29, 0.717) is 10.3 Å². The molecular weight excluding hydrogens is 216 g/mol. The zero-order chi connectivity index (χ0) is 9.97. The van der Waals surface area contributed by atoms with Crippen LogP contribution in [-0.4, -0.2) is 10.3 Å². The quantitative estimate of drug-likeness (QED) is 0.739. The molecule has 0 bridgehead atoms. The summed E-state index contributed by atoms with van der Waals surface area (Å²) in [7, 11) is 0. The van der Waals surface area contributed by atoms with Crippen molar-refractivity contribution in [2.45, 2.75) is 0 Å². The molecule has 0 fully saturated rings. The molecule has 0 unspecified atom stereocenters. The largest absolute Gasteiger partial charge is 0.328 e. The Labute approximate surface area is 92.3 Å². The third-order valence-electron chi connectivity index (χ3n) is 1.77. The van der Waals surface area contributed by atoms with Crippen LogP contribution >= 0.6 is 23.8 Å². The Morgan fingerprint density at radius 1 is 1.29 bits per heavy atom. The second-order valence-electron chi connectivity index (χ2n) is 2.80. The van der Waals surface area contributed by atoms with Crippen LogP contribution in [-0.2, 0) is 0 Å². The molecule has 2 rings (SSSR count). The van der Waals surface area contributed by atoms with E-state index in [1.54, 1.807) is 0 Å². The summed E-state index contributed by atoms with van der Waals surface area (Å²) in [6.07, 6.45) is 1.91. The van der Waals surface area contributed by atoms with Gasteiger partial charge in [0.05, 0.1) is 5.70 Å². The number of hydrogen-bond donors (Lipinski definition) is 1. The lowest BCUT2D eigenvalue weighted by atomic mass is 10.2. The first-order valence-electron chi connectivity index (χ1n) is 4.08. The van der Waals surface area contributed by atoms with Crippen LogP contribution < -0.4 is 5.32 Å². The van der Waals surface area contributed by atoms with Crippen LogP contribution in [0.15, 0.2) is 41.0 Å². The summed E-state index contributed by atoms with van der Waals surface area (Å²) in [6, 6.07) is 9.86. The predicted octanol–water partition coefficient (Wildman–Crippen LogP) is 2.55. The highest BCUT2D eigenvalue weighted by atomic mass is 35.5. The molecule has 1 heterocycles. The minimum Gasteiger partial charge on any atom is -0.328 e. The number of rotatable bonds is 1. The average molecular weight is 223 g/mol. The van der Waals surface area contributed by atoms with Crippen molar-refractivity contribution in [3.8, 4) is 0 Å². The molecule has 2 nitrogen and oxygen atoms in total. The van der Waals surface area contributed by atoms with Crippen molar-refractivity contribution < 1.29 is 0 Å². The third-order valence-corrected chi connectivity index (χ3v) is 2.26. The van der Waals surface area contributed by atoms with Gasteiger partial charge in [-0.2, -0.15) is 0 Å². The second-order valence-corrected chi connectivity index (χ2v) is 3.55. The minimum absolute atomic E-state index is 0.414. The number of halogens is 1. The Hall–Kier alpha value is -1.19. The third kappa shape index (κ3) is 2.00. The van der Waals surface area contributed by atoms with Gasteiger partial charge < -0.3 is 5.32 Å². The highest BCUT2D eigenvalue weighted by molar-refractivity contribution is 7.80. The summed E-state index contributed by atoms with van der Waals surface area (Å²) < 4.78 is 0. The Morgan fingerprint density at radius 3 is 2.57 bits per heavy atom. The van der Waals surface area contributed by atoms with Crippen molar-refractivity contribution in [1.82, 2.24) is 5.32 Å². The number of benzene rings is 1. The molecule has 4 heteroatoms. The van der Waals surface area contributed by atoms with E-state index in [1.165, 1.54) is 0 Å². The van der Waals surface area contributed by atoms with Crippen LogP contribution in [0, 0.1) is 0 Å². The summed E-state index contributed by atoms with van der Waals surface area (Å²) >= 11 is 10.7. The van der Waals surface area contributed by atoms with Gasteiger partial charge in [-0.3, -0.25) is 0 Å². The van der Waals surface area contributed by atoms with Gasteiger partial charge >= 0.3 is 0 Å². The molecule has 70 valence electrons. The van der Waals surface area contributed by atoms with Crippen LogP contribution in [0.4, 0.5) is 0 Å². The standard InChI is InChI=1S/C10H7ClN2S/c11-9-8(12-10(14)13-9)6-7-4-2-1-3-5-7/h1-6H,(H,12,14)/b8-6-. The van der Waals surface area contributed by atoms with Crippen molar-refractivity contribution in [3.63, 3.8) is 0 Å². The number of allylic oxidation sites excluding steroid dienone is 1. The molecule has 0 saturated carbocycles. The van der Waals surface area contributed by atoms with Gasteiger partial charge in [0.15, 0.2) is 10.3 Å². The summed E-state index contributed by atoms with van der Waals surface area (Å²) in [5.41, 5.74) is 1.82. The average Bonchev–Trinajstić information content (AvgIpc) is 2.47. The van der Waals surface area contributed by atoms with Crippen molar-refractivity contribution in [2.24, 2.45) is 4.99 Å². The highest BCUT2D eigenvalue weighted by Gasteiger charge is 2.13. The van der Waals surface area contributed by atoms with Gasteiger partial charge in [-0.15, -0.1) is 0 Å². The number of nitrogens with one attached hydrogen (secondary N) is 1. The van der Waals surface area contributed by atoms with Gasteiger partial charge in [0, 0.05) is 0 Å². The molecule has 0 aromatic heterocycles. The fourth-order valence-corrected chi connectivity index (χ4v) is 1.59. The van der Waals surface area contributed by atoms with E-state index >= 15 is 0 Å². The second kappa shape index (κ2) is 3.90. The number of nitrogens with zero attached hydrogens (tertiary/aromatic N) is 1. The SMILES string of the molecule is S=C1N=C(Cl)/C(=C/c2ccccc2)N1. The molecule has 0 saturated heterocycles. The Bertz CT molecular complexity index is 423. The first-order chi connectivity index (χ1) is 6.75. The van der Waals surface area contributed by atoms with Crippen molar-refractivity contribution >= 4 is 40.2 Å². The van der Waals surface area contributed by atoms with Crippen LogP contribution in [0.5, 0.6) is 0 Å². The van der Waals surface area contributed by atoms with E-state index in [9.17, 15) is 0 Å². The molecule has 0 atom stereocenters. The normalized spacial score (nSPS) is 18.2. The molecule has 0 aliphatic carbocycles. The van der Waals surface area contributed by atoms with Crippen molar-refractivity contribution in [1.29, 1.82) is 0 Å². The first kappa shape index (κ1) is 9.37. The van der Waals surface area contributed by atoms with Crippen LogP contribution in [0.25, 0.3) is 6.08 Å². The lowest BCUT2D eigenvalue weighted by molar-refractivity contribution is 1.28. The van der Waals surface area contributed by atoms with Gasteiger partial charge in [0.1, 0.15) is 0 Å². The zero-order valence-electron chi connectivity index (χ0n) is 7.20. The van der Waals surface area contributed by atoms with Crippen molar-refractivity contribution in [2.75, 3.05) is 0 Å². The molecule has 1 aliphatic heterocycles. The van der Waals surface area contributed by atoms with Gasteiger partial charge in [0.25, 0.3) is 0 Å². The molecular formula is C10H7ClN2S. The molecule has 1 aromatic rings. The van der Waals surface area contributed by atoms with E-state index in [0.717, 1.165) is 11.3 Å². The highest BCUT2D eigenvalue weighted by Crippen LogP contribution is 2.12. The molecule has 1 N–H and O–H groups in total. The Morgan fingerprint density at radius 2 is 2.00 bits per heavy atom. The molecule has 0 spiro atoms. The maximum absolute atomic E-state index is 5.85. The maximum Gasteiger partial charge on any atom is 0.198 e. The fourth-order valence-electron chi connectivity index (χ4n) is 1.16. The first-order valence-corrected chi connectivity index (χ1v) is 4.86. The number of aliphatic imine (C=N–C) groups is 1. The van der Waals surface area contributed by atoms with E-state index in [1.807, 2.05) is 36.4 Å². The summed E-state index contributed by atoms with van der Waals surface area (Å²) in [6.45, 7) is 0. The van der Waals surface area contributed by atoms with Crippen LogP contribution in [0.1, 0.15) is 5.56 Å². The smallest absolute Gasteiger partial charge is 0.198 e. The summed E-state index contributed by atoms with van der Waals surface area (Å²) in [4.78, 5) is 3.90. The molecule has 1 aromatic carbocycles. The molecule has 14 heavy (non-hydrogen) atoms. The van der Waals surface area contributed by atoms with E-state index < -0.39 is 0 Å². The van der Waals surface area contributed by atoms with E-state index in [4.69, 9.17) is 23.8 Å². The fraction of sp³-hybridized carbons (Fsp3) is 0. The Kier molecular flexibility index (Phi) is 2.61. The lowest BCUT2D eigenvalue weighted by Crippen LogP contribution is -2.12. The molecule has 0 amide bonds. The number of hydrogen-bond acceptors (Lipinski definition) is 1. The van der Waals surface area contributed by atoms with Crippen LogP contribution in [0.2, 0.25) is 0 Å². The Balaban J connectivity index is 2.29. The van der Waals surface area contributed by atoms with Crippen molar-refractivity contribution in [3.05, 3.63) is 41.6 Å². The molecule has 0 radical (unpaired) electrons. The number of thiocarbonyl (C=S) groups is 1. The monoisotopic (exact) mass is 222 g/mol. The van der Waals surface area contributed by atoms with Crippen LogP contribution in [0.3, 0.4) is 0 Å².